The number of nitrogens with zero attached hydrogens (tertiary/aromatic N) is 1. The molecule has 4 rings (SSSR count). The summed E-state index contributed by atoms with van der Waals surface area (Å²) < 4.78 is 49.0. The molecule has 0 fully saturated rings. The fraction of sp³-hybridized carbons (Fsp3) is 0.192. The van der Waals surface area contributed by atoms with Crippen LogP contribution in [0, 0.1) is 44.8 Å². The minimum Gasteiger partial charge on any atom is -0.477 e. The average molecular weight is 714 g/mol. The van der Waals surface area contributed by atoms with Crippen LogP contribution in [0.2, 0.25) is 5.02 Å². The Bertz CT molecular complexity index is 1660. The zero-order valence-corrected chi connectivity index (χ0v) is 26.7. The predicted molar refractivity (Wildman–Crippen MR) is 159 cm³/mol. The van der Waals surface area contributed by atoms with Crippen molar-refractivity contribution in [3.63, 3.8) is 0 Å². The summed E-state index contributed by atoms with van der Waals surface area (Å²) in [4.78, 5) is 43.7. The summed E-state index contributed by atoms with van der Waals surface area (Å²) in [6.07, 6.45) is -4.58. The van der Waals surface area contributed by atoms with Crippen LogP contribution in [0.3, 0.4) is 0 Å². The number of rotatable bonds is 4. The Labute approximate surface area is 267 Å². The van der Waals surface area contributed by atoms with Crippen molar-refractivity contribution in [3.8, 4) is 6.07 Å². The van der Waals surface area contributed by atoms with Gasteiger partial charge in [-0.1, -0.05) is 11.6 Å². The number of aromatic carboxylic acids is 4. The number of halogens is 5. The summed E-state index contributed by atoms with van der Waals surface area (Å²) in [6.45, 7) is 6.70. The van der Waals surface area contributed by atoms with Crippen molar-refractivity contribution < 1.29 is 57.2 Å². The van der Waals surface area contributed by atoms with Gasteiger partial charge in [-0.15, -0.1) is 45.3 Å². The number of carboxylic acid groups (broad SMARTS) is 4. The molecule has 9 nitrogen and oxygen atoms in total. The van der Waals surface area contributed by atoms with Crippen LogP contribution < -0.4 is 0 Å². The van der Waals surface area contributed by atoms with E-state index in [1.54, 1.807) is 26.0 Å². The smallest absolute Gasteiger partial charge is 0.418 e. The molecular weight excluding hydrogens is 694 g/mol. The molecule has 0 saturated heterocycles. The van der Waals surface area contributed by atoms with E-state index >= 15 is 0 Å². The second-order valence-electron chi connectivity index (χ2n) is 8.10. The molecule has 0 spiro atoms. The van der Waals surface area contributed by atoms with Crippen molar-refractivity contribution in [2.24, 2.45) is 0 Å². The van der Waals surface area contributed by atoms with Crippen molar-refractivity contribution in [2.45, 2.75) is 33.9 Å². The fourth-order valence-electron chi connectivity index (χ4n) is 2.90. The number of hydrogen-bond acceptors (Lipinski definition) is 9. The molecule has 0 radical (unpaired) electrons. The molecule has 44 heavy (non-hydrogen) atoms. The number of nitriles is 1. The molecular formula is C26H20ClF4NO8S4. The van der Waals surface area contributed by atoms with Gasteiger partial charge in [-0.05, 0) is 52.0 Å². The molecule has 0 aromatic carbocycles. The van der Waals surface area contributed by atoms with E-state index < -0.39 is 46.3 Å². The summed E-state index contributed by atoms with van der Waals surface area (Å²) in [5.74, 6) is -5.36. The van der Waals surface area contributed by atoms with Crippen LogP contribution in [0.25, 0.3) is 0 Å². The highest BCUT2D eigenvalue weighted by Crippen LogP contribution is 2.36. The SMILES string of the molecule is Cc1cc(C#N)c(C(=O)O)s1.Cc1cc(C(F)(F)F)c(C(=O)O)s1.Cc1cc(Cl)c(C(=O)O)s1.Cc1cc(F)c(C(=O)O)s1. The maximum Gasteiger partial charge on any atom is 0.418 e. The van der Waals surface area contributed by atoms with Gasteiger partial charge in [0.15, 0.2) is 0 Å². The molecule has 18 heteroatoms. The number of thiophene rings is 4. The van der Waals surface area contributed by atoms with Crippen molar-refractivity contribution in [1.82, 2.24) is 0 Å². The quantitative estimate of drug-likeness (QED) is 0.151. The molecule has 0 aliphatic carbocycles. The highest BCUT2D eigenvalue weighted by Gasteiger charge is 2.37. The molecule has 4 N–H and O–H groups in total. The second-order valence-corrected chi connectivity index (χ2v) is 13.5. The standard InChI is InChI=1S/C7H5F3O2S.C7H5NO2S.C6H5ClO2S.C6H5FO2S/c1-3-2-4(7(8,9)10)5(13-3)6(11)12;1-4-2-5(3-8)6(11-4)7(9)10;2*1-3-2-4(7)5(10-3)6(8)9/h2H,1H3,(H,11,12);2H,1H3,(H,9,10);2*2H,1H3,(H,8,9). The molecule has 0 bridgehead atoms. The molecule has 0 amide bonds. The van der Waals surface area contributed by atoms with Gasteiger partial charge >= 0.3 is 30.1 Å². The van der Waals surface area contributed by atoms with E-state index in [0.717, 1.165) is 38.5 Å². The maximum atomic E-state index is 12.5. The summed E-state index contributed by atoms with van der Waals surface area (Å²) in [6, 6.07) is 7.11. The van der Waals surface area contributed by atoms with Crippen LogP contribution in [0.5, 0.6) is 0 Å². The maximum absolute atomic E-state index is 12.5. The highest BCUT2D eigenvalue weighted by atomic mass is 35.5. The number of aryl methyl sites for hydroxylation is 4. The average Bonchev–Trinajstić information content (AvgIpc) is 3.65. The first-order valence-corrected chi connectivity index (χ1v) is 15.0. The monoisotopic (exact) mass is 713 g/mol. The van der Waals surface area contributed by atoms with Gasteiger partial charge in [-0.3, -0.25) is 0 Å². The van der Waals surface area contributed by atoms with Gasteiger partial charge in [0.1, 0.15) is 31.4 Å². The minimum absolute atomic E-state index is 0.130. The van der Waals surface area contributed by atoms with Crippen molar-refractivity contribution in [1.29, 1.82) is 5.26 Å². The Balaban J connectivity index is 0.000000295. The van der Waals surface area contributed by atoms with Gasteiger partial charge < -0.3 is 20.4 Å². The van der Waals surface area contributed by atoms with E-state index in [1.807, 2.05) is 13.0 Å². The fourth-order valence-corrected chi connectivity index (χ4v) is 6.46. The number of carbonyl (C=O) groups is 4. The van der Waals surface area contributed by atoms with E-state index in [0.29, 0.717) is 26.1 Å². The van der Waals surface area contributed by atoms with E-state index in [9.17, 15) is 36.7 Å². The summed E-state index contributed by atoms with van der Waals surface area (Å²) in [7, 11) is 0. The zero-order valence-electron chi connectivity index (χ0n) is 22.7. The van der Waals surface area contributed by atoms with E-state index in [2.05, 4.69) is 0 Å². The molecule has 0 aliphatic heterocycles. The van der Waals surface area contributed by atoms with Crippen molar-refractivity contribution in [3.05, 3.63) is 85.2 Å². The third-order valence-electron chi connectivity index (χ3n) is 4.53. The zero-order chi connectivity index (χ0) is 34.1. The summed E-state index contributed by atoms with van der Waals surface area (Å²) in [5, 5.41) is 42.7. The Kier molecular flexibility index (Phi) is 14.2. The Hall–Kier alpha value is -3.82. The Morgan fingerprint density at radius 3 is 1.34 bits per heavy atom. The van der Waals surface area contributed by atoms with Crippen molar-refractivity contribution in [2.75, 3.05) is 0 Å². The highest BCUT2D eigenvalue weighted by molar-refractivity contribution is 7.15. The molecule has 0 atom stereocenters. The lowest BCUT2D eigenvalue weighted by Crippen LogP contribution is -2.09. The third-order valence-corrected chi connectivity index (χ3v) is 9.07. The van der Waals surface area contributed by atoms with Gasteiger partial charge in [0.05, 0.1) is 16.1 Å². The minimum atomic E-state index is -4.58. The lowest BCUT2D eigenvalue weighted by atomic mass is 10.2. The van der Waals surface area contributed by atoms with Crippen LogP contribution in [0.4, 0.5) is 17.6 Å². The van der Waals surface area contributed by atoms with Gasteiger partial charge in [0.25, 0.3) is 0 Å². The molecule has 0 saturated carbocycles. The molecule has 236 valence electrons. The number of carboxylic acids is 4. The van der Waals surface area contributed by atoms with Crippen LogP contribution in [-0.2, 0) is 6.18 Å². The summed E-state index contributed by atoms with van der Waals surface area (Å²) in [5.41, 5.74) is -0.817. The van der Waals surface area contributed by atoms with Crippen molar-refractivity contribution >= 4 is 80.8 Å². The normalized spacial score (nSPS) is 10.2. The lowest BCUT2D eigenvalue weighted by Gasteiger charge is -2.03. The third kappa shape index (κ3) is 11.4. The van der Waals surface area contributed by atoms with Gasteiger partial charge in [-0.2, -0.15) is 18.4 Å². The van der Waals surface area contributed by atoms with Crippen LogP contribution in [0.1, 0.15) is 69.3 Å². The molecule has 4 aromatic heterocycles. The topological polar surface area (TPSA) is 173 Å². The first kappa shape index (κ1) is 38.2. The first-order valence-electron chi connectivity index (χ1n) is 11.3. The lowest BCUT2D eigenvalue weighted by molar-refractivity contribution is -0.137. The van der Waals surface area contributed by atoms with E-state index in [1.165, 1.54) is 24.3 Å². The molecule has 4 heterocycles. The Morgan fingerprint density at radius 2 is 1.07 bits per heavy atom. The molecule has 0 aliphatic rings. The van der Waals surface area contributed by atoms with E-state index in [4.69, 9.17) is 37.3 Å². The van der Waals surface area contributed by atoms with Gasteiger partial charge in [-0.25, -0.2) is 23.6 Å². The number of alkyl halides is 3. The number of hydrogen-bond donors (Lipinski definition) is 4. The molecule has 4 aromatic rings. The predicted octanol–water partition coefficient (Wildman–Crippen LogP) is 8.70. The first-order chi connectivity index (χ1) is 20.2. The van der Waals surface area contributed by atoms with E-state index in [-0.39, 0.29) is 20.2 Å². The van der Waals surface area contributed by atoms with Crippen LogP contribution >= 0.6 is 56.9 Å². The largest absolute Gasteiger partial charge is 0.477 e. The summed E-state index contributed by atoms with van der Waals surface area (Å²) >= 11 is 9.46. The van der Waals surface area contributed by atoms with Gasteiger partial charge in [0, 0.05) is 19.5 Å². The Morgan fingerprint density at radius 1 is 0.682 bits per heavy atom. The molecule has 0 unspecified atom stereocenters. The van der Waals surface area contributed by atoms with Gasteiger partial charge in [0.2, 0.25) is 0 Å². The van der Waals surface area contributed by atoms with Crippen LogP contribution in [0.15, 0.2) is 24.3 Å². The van der Waals surface area contributed by atoms with Crippen LogP contribution in [-0.4, -0.2) is 44.3 Å². The second kappa shape index (κ2) is 16.3.